The Kier molecular flexibility index (Phi) is 4.70. The van der Waals surface area contributed by atoms with E-state index in [2.05, 4.69) is 0 Å². The molecule has 0 spiro atoms. The fraction of sp³-hybridized carbons (Fsp3) is 0.333. The number of pyridine rings is 1. The molecule has 38 heavy (non-hydrogen) atoms. The molecule has 0 saturated carbocycles. The Morgan fingerprint density at radius 3 is 2.61 bits per heavy atom. The Balaban J connectivity index is 1.65. The van der Waals surface area contributed by atoms with Crippen molar-refractivity contribution in [2.75, 3.05) is 19.7 Å². The number of aliphatic hydroxyl groups is 1. The first-order chi connectivity index (χ1) is 18.2. The first-order valence-electron chi connectivity index (χ1n) is 12.2. The van der Waals surface area contributed by atoms with Crippen LogP contribution in [0.3, 0.4) is 0 Å². The number of hydrogen-bond acceptors (Lipinski definition) is 10. The van der Waals surface area contributed by atoms with Gasteiger partial charge in [-0.3, -0.25) is 9.59 Å². The summed E-state index contributed by atoms with van der Waals surface area (Å²) in [5, 5.41) is 34.1. The molecule has 3 aliphatic rings. The summed E-state index contributed by atoms with van der Waals surface area (Å²) in [7, 11) is 1.49. The quantitative estimate of drug-likeness (QED) is 0.274. The molecule has 0 unspecified atom stereocenters. The van der Waals surface area contributed by atoms with Gasteiger partial charge in [0.25, 0.3) is 5.56 Å². The number of hydrogen-bond donors (Lipinski definition) is 4. The van der Waals surface area contributed by atoms with E-state index in [1.807, 2.05) is 0 Å². The average molecular weight is 520 g/mol. The highest BCUT2D eigenvalue weighted by atomic mass is 16.7. The number of aliphatic hydroxyl groups excluding tert-OH is 1. The normalized spacial score (nSPS) is 21.6. The second kappa shape index (κ2) is 7.73. The molecular formula is C27H24N2O9. The number of aryl methyl sites for hydroxylation is 1. The monoisotopic (exact) mass is 520 g/mol. The highest BCUT2D eigenvalue weighted by Gasteiger charge is 2.41. The molecule has 1 aliphatic heterocycles. The minimum atomic E-state index is -1.10. The number of phenolic OH excluding ortho intramolecular Hbond substituents is 2. The second-order valence-corrected chi connectivity index (χ2v) is 10.0. The van der Waals surface area contributed by atoms with E-state index in [4.69, 9.17) is 24.5 Å². The summed E-state index contributed by atoms with van der Waals surface area (Å²) in [6.45, 7) is 1.56. The summed E-state index contributed by atoms with van der Waals surface area (Å²) >= 11 is 0. The van der Waals surface area contributed by atoms with Crippen molar-refractivity contribution in [2.24, 2.45) is 0 Å². The van der Waals surface area contributed by atoms with Gasteiger partial charge < -0.3 is 39.8 Å². The highest BCUT2D eigenvalue weighted by molar-refractivity contribution is 6.05. The molecule has 11 nitrogen and oxygen atoms in total. The van der Waals surface area contributed by atoms with Gasteiger partial charge in [-0.25, -0.2) is 4.68 Å². The van der Waals surface area contributed by atoms with Crippen molar-refractivity contribution in [1.82, 2.24) is 4.68 Å². The molecular weight excluding hydrogens is 496 g/mol. The first kappa shape index (κ1) is 23.1. The summed E-state index contributed by atoms with van der Waals surface area (Å²) in [6, 6.07) is 3.45. The summed E-state index contributed by atoms with van der Waals surface area (Å²) < 4.78 is 24.3. The Morgan fingerprint density at radius 1 is 1.08 bits per heavy atom. The van der Waals surface area contributed by atoms with Crippen molar-refractivity contribution in [3.8, 4) is 28.4 Å². The van der Waals surface area contributed by atoms with Crippen LogP contribution in [0.1, 0.15) is 59.3 Å². The molecule has 5 N–H and O–H groups in total. The van der Waals surface area contributed by atoms with Crippen LogP contribution in [0, 0.1) is 6.92 Å². The number of methoxy groups -OCH3 is 1. The number of nitrogens with two attached hydrogens (primary N) is 1. The lowest BCUT2D eigenvalue weighted by Gasteiger charge is -2.35. The smallest absolute Gasteiger partial charge is 0.280 e. The van der Waals surface area contributed by atoms with Gasteiger partial charge in [-0.15, -0.1) is 0 Å². The van der Waals surface area contributed by atoms with Crippen molar-refractivity contribution in [3.05, 3.63) is 60.9 Å². The molecule has 11 heteroatoms. The van der Waals surface area contributed by atoms with Crippen molar-refractivity contribution in [3.63, 3.8) is 0 Å². The van der Waals surface area contributed by atoms with E-state index in [-0.39, 0.29) is 63.5 Å². The second-order valence-electron chi connectivity index (χ2n) is 10.0. The molecule has 7 rings (SSSR count). The predicted octanol–water partition coefficient (Wildman–Crippen LogP) is 2.69. The largest absolute Gasteiger partial charge is 0.506 e. The Bertz CT molecular complexity index is 1840. The van der Waals surface area contributed by atoms with Crippen molar-refractivity contribution in [1.29, 1.82) is 0 Å². The summed E-state index contributed by atoms with van der Waals surface area (Å²) in [4.78, 5) is 26.8. The number of nitrogens with zero attached hydrogens (tertiary/aromatic N) is 1. The zero-order valence-corrected chi connectivity index (χ0v) is 20.5. The van der Waals surface area contributed by atoms with Gasteiger partial charge in [0.1, 0.15) is 28.7 Å². The van der Waals surface area contributed by atoms with Gasteiger partial charge in [0.15, 0.2) is 18.1 Å². The average Bonchev–Trinajstić information content (AvgIpc) is 2.89. The van der Waals surface area contributed by atoms with E-state index in [9.17, 15) is 24.9 Å². The van der Waals surface area contributed by atoms with Crippen molar-refractivity contribution in [2.45, 2.75) is 44.5 Å². The lowest BCUT2D eigenvalue weighted by atomic mass is 9.79. The molecule has 0 radical (unpaired) electrons. The molecule has 4 aromatic rings. The lowest BCUT2D eigenvalue weighted by molar-refractivity contribution is -0.0592. The van der Waals surface area contributed by atoms with E-state index in [0.717, 1.165) is 4.68 Å². The van der Waals surface area contributed by atoms with E-state index in [0.29, 0.717) is 35.0 Å². The van der Waals surface area contributed by atoms with Crippen LogP contribution < -0.4 is 21.6 Å². The maximum Gasteiger partial charge on any atom is 0.280 e. The van der Waals surface area contributed by atoms with Crippen LogP contribution >= 0.6 is 0 Å². The van der Waals surface area contributed by atoms with E-state index in [1.165, 1.54) is 7.11 Å². The molecule has 0 saturated heterocycles. The number of benzene rings is 2. The Morgan fingerprint density at radius 2 is 1.84 bits per heavy atom. The van der Waals surface area contributed by atoms with Gasteiger partial charge in [0.2, 0.25) is 5.43 Å². The third-order valence-corrected chi connectivity index (χ3v) is 8.02. The van der Waals surface area contributed by atoms with Crippen LogP contribution in [0.4, 0.5) is 0 Å². The number of phenols is 2. The number of fused-ring (bicyclic) bond motifs is 6. The van der Waals surface area contributed by atoms with Crippen LogP contribution in [0.2, 0.25) is 0 Å². The number of aromatic hydroxyl groups is 2. The molecule has 2 aromatic carbocycles. The molecule has 0 amide bonds. The summed E-state index contributed by atoms with van der Waals surface area (Å²) in [5.41, 5.74) is 0.626. The molecule has 196 valence electrons. The minimum Gasteiger partial charge on any atom is -0.506 e. The van der Waals surface area contributed by atoms with Crippen molar-refractivity contribution < 1.29 is 33.9 Å². The van der Waals surface area contributed by atoms with Gasteiger partial charge in [-0.1, -0.05) is 0 Å². The third kappa shape index (κ3) is 2.78. The van der Waals surface area contributed by atoms with Gasteiger partial charge in [0, 0.05) is 35.9 Å². The van der Waals surface area contributed by atoms with Gasteiger partial charge in [-0.2, -0.15) is 0 Å². The third-order valence-electron chi connectivity index (χ3n) is 8.02. The zero-order chi connectivity index (χ0) is 26.6. The fourth-order valence-corrected chi connectivity index (χ4v) is 6.22. The first-order valence-corrected chi connectivity index (χ1v) is 12.2. The molecule has 2 aliphatic carbocycles. The van der Waals surface area contributed by atoms with Gasteiger partial charge in [-0.05, 0) is 42.8 Å². The predicted molar refractivity (Wildman–Crippen MR) is 135 cm³/mol. The zero-order valence-electron chi connectivity index (χ0n) is 20.5. The molecule has 2 aromatic heterocycles. The Labute approximate surface area is 214 Å². The molecule has 3 atom stereocenters. The van der Waals surface area contributed by atoms with E-state index >= 15 is 0 Å². The van der Waals surface area contributed by atoms with Crippen LogP contribution in [0.25, 0.3) is 32.9 Å². The maximum absolute atomic E-state index is 13.8. The summed E-state index contributed by atoms with van der Waals surface area (Å²) in [6.07, 6.45) is -1.18. The van der Waals surface area contributed by atoms with E-state index in [1.54, 1.807) is 19.1 Å². The van der Waals surface area contributed by atoms with Gasteiger partial charge in [0.05, 0.1) is 23.2 Å². The van der Waals surface area contributed by atoms with Crippen LogP contribution in [0.5, 0.6) is 17.2 Å². The van der Waals surface area contributed by atoms with Crippen LogP contribution in [0.15, 0.2) is 26.1 Å². The fourth-order valence-electron chi connectivity index (χ4n) is 6.22. The lowest BCUT2D eigenvalue weighted by Crippen LogP contribution is -2.29. The highest BCUT2D eigenvalue weighted by Crippen LogP contribution is 2.57. The van der Waals surface area contributed by atoms with Crippen LogP contribution in [-0.2, 0) is 15.9 Å². The van der Waals surface area contributed by atoms with Gasteiger partial charge >= 0.3 is 0 Å². The minimum absolute atomic E-state index is 0.0121. The van der Waals surface area contributed by atoms with E-state index < -0.39 is 35.0 Å². The Hall–Kier alpha value is -4.06. The topological polar surface area (TPSA) is 167 Å². The number of aromatic nitrogens is 1. The molecule has 0 bridgehead atoms. The standard InChI is InChI=1S/C27H24N2O9/c1-9-5-10-6-11-7-14-18-19(15(11)21(31)16(10)27(34)29(9)28)23(33)20-22(32)17-12(30)3-4-13(35-2)24(17)38-26(20)25(18)37-8-36-14/h5-6,12-14,30-31,33H,3-4,7-8,28H2,1-2H3/t12-,13+,14+/m1/s1. The number of nitrogen functional groups attached to an aromatic ring is 1. The SMILES string of the molecule is CO[C@H]1CC[C@@H](O)c2c1oc1c3c4c(c(O)c1c2=O)-c1c(cc2cc(C)n(N)c(=O)c2c1O)C[C@@H]4OCO3. The summed E-state index contributed by atoms with van der Waals surface area (Å²) in [5.74, 6) is 5.46. The maximum atomic E-state index is 13.8. The molecule has 0 fully saturated rings. The van der Waals surface area contributed by atoms with Crippen LogP contribution in [-0.4, -0.2) is 33.9 Å². The number of ether oxygens (including phenoxy) is 3. The number of rotatable bonds is 1. The molecule has 3 heterocycles. The van der Waals surface area contributed by atoms with Crippen molar-refractivity contribution >= 4 is 21.7 Å².